The molecular weight excluding hydrogens is 209 g/mol. The molecule has 13 heavy (non-hydrogen) atoms. The van der Waals surface area contributed by atoms with Gasteiger partial charge in [-0.3, -0.25) is 0 Å². The molecule has 1 aromatic carbocycles. The van der Waals surface area contributed by atoms with Crippen molar-refractivity contribution in [2.24, 2.45) is 0 Å². The van der Waals surface area contributed by atoms with Crippen molar-refractivity contribution in [3.05, 3.63) is 26.7 Å². The quantitative estimate of drug-likeness (QED) is 0.635. The highest BCUT2D eigenvalue weighted by Crippen LogP contribution is 2.28. The number of benzene rings is 1. The van der Waals surface area contributed by atoms with E-state index in [1.807, 2.05) is 6.92 Å². The number of hydrogen-bond acceptors (Lipinski definition) is 0. The van der Waals surface area contributed by atoms with Crippen LogP contribution in [0, 0.1) is 20.8 Å². The number of rotatable bonds is 1. The Labute approximate surface area is 88.3 Å². The van der Waals surface area contributed by atoms with E-state index in [4.69, 9.17) is 23.2 Å². The molecule has 0 nitrogen and oxygen atoms in total. The van der Waals surface area contributed by atoms with Crippen LogP contribution in [0.3, 0.4) is 0 Å². The first kappa shape index (κ1) is 10.9. The summed E-state index contributed by atoms with van der Waals surface area (Å²) in [6.07, 6.45) is 0. The molecule has 0 heterocycles. The molecule has 0 aliphatic rings. The maximum absolute atomic E-state index is 12.5. The minimum absolute atomic E-state index is 0.487. The molecular formula is C9H9BCl2F. The lowest BCUT2D eigenvalue weighted by Crippen LogP contribution is -2.19. The van der Waals surface area contributed by atoms with Gasteiger partial charge in [-0.05, 0) is 42.9 Å². The van der Waals surface area contributed by atoms with Gasteiger partial charge in [0, 0.05) is 10.0 Å². The van der Waals surface area contributed by atoms with E-state index in [2.05, 4.69) is 0 Å². The minimum Gasteiger partial charge on any atom is -0.335 e. The van der Waals surface area contributed by atoms with Crippen LogP contribution in [0.25, 0.3) is 0 Å². The van der Waals surface area contributed by atoms with Gasteiger partial charge < -0.3 is 4.32 Å². The first-order chi connectivity index (χ1) is 6.00. The molecule has 4 heteroatoms. The van der Waals surface area contributed by atoms with Gasteiger partial charge in [0.2, 0.25) is 0 Å². The topological polar surface area (TPSA) is 0 Å². The van der Waals surface area contributed by atoms with Crippen molar-refractivity contribution < 1.29 is 4.32 Å². The van der Waals surface area contributed by atoms with Gasteiger partial charge in [0.15, 0.2) is 0 Å². The molecule has 1 aromatic rings. The third-order valence-electron chi connectivity index (χ3n) is 2.23. The van der Waals surface area contributed by atoms with Crippen LogP contribution >= 0.6 is 23.2 Å². The Kier molecular flexibility index (Phi) is 3.25. The molecule has 69 valence electrons. The van der Waals surface area contributed by atoms with Crippen molar-refractivity contribution in [3.63, 3.8) is 0 Å². The van der Waals surface area contributed by atoms with Crippen molar-refractivity contribution >= 4 is 36.2 Å². The second-order valence-electron chi connectivity index (χ2n) is 3.03. The van der Waals surface area contributed by atoms with Gasteiger partial charge in [-0.25, -0.2) is 0 Å². The fourth-order valence-electron chi connectivity index (χ4n) is 1.34. The zero-order valence-electron chi connectivity index (χ0n) is 7.71. The van der Waals surface area contributed by atoms with Crippen molar-refractivity contribution in [1.82, 2.24) is 0 Å². The summed E-state index contributed by atoms with van der Waals surface area (Å²) in [5.74, 6) is 0. The average Bonchev–Trinajstić information content (AvgIpc) is 2.13. The molecule has 0 aliphatic heterocycles. The Hall–Kier alpha value is -0.205. The van der Waals surface area contributed by atoms with Gasteiger partial charge in [0.1, 0.15) is 0 Å². The first-order valence-corrected chi connectivity index (χ1v) is 4.64. The summed E-state index contributed by atoms with van der Waals surface area (Å²) in [6, 6.07) is 0. The fraction of sp³-hybridized carbons (Fsp3) is 0.333. The first-order valence-electron chi connectivity index (χ1n) is 3.88. The lowest BCUT2D eigenvalue weighted by atomic mass is 9.82. The number of halogens is 3. The van der Waals surface area contributed by atoms with Crippen LogP contribution in [-0.2, 0) is 0 Å². The lowest BCUT2D eigenvalue weighted by molar-refractivity contribution is 0.883. The van der Waals surface area contributed by atoms with Crippen LogP contribution in [0.1, 0.15) is 16.7 Å². The zero-order valence-corrected chi connectivity index (χ0v) is 9.22. The Morgan fingerprint density at radius 1 is 0.923 bits per heavy atom. The Morgan fingerprint density at radius 3 is 1.62 bits per heavy atom. The van der Waals surface area contributed by atoms with Gasteiger partial charge in [0.05, 0.1) is 0 Å². The maximum Gasteiger partial charge on any atom is 0.392 e. The van der Waals surface area contributed by atoms with E-state index in [0.717, 1.165) is 16.7 Å². The molecule has 0 unspecified atom stereocenters. The van der Waals surface area contributed by atoms with E-state index in [1.54, 1.807) is 13.8 Å². The highest BCUT2D eigenvalue weighted by molar-refractivity contribution is 6.50. The van der Waals surface area contributed by atoms with Crippen LogP contribution < -0.4 is 5.46 Å². The standard InChI is InChI=1S/C9H9BCl2F/c1-4-7(10-13)5(2)9(12)6(3)8(4)11/h1-3H3. The molecule has 1 rings (SSSR count). The summed E-state index contributed by atoms with van der Waals surface area (Å²) in [5.41, 5.74) is 2.77. The van der Waals surface area contributed by atoms with Crippen molar-refractivity contribution in [2.45, 2.75) is 20.8 Å². The molecule has 0 bridgehead atoms. The highest BCUT2D eigenvalue weighted by Gasteiger charge is 2.15. The Bertz CT molecular complexity index is 321. The smallest absolute Gasteiger partial charge is 0.335 e. The normalized spacial score (nSPS) is 10.3. The highest BCUT2D eigenvalue weighted by atomic mass is 35.5. The molecule has 0 saturated heterocycles. The van der Waals surface area contributed by atoms with Gasteiger partial charge in [0.25, 0.3) is 0 Å². The van der Waals surface area contributed by atoms with E-state index in [0.29, 0.717) is 23.1 Å². The minimum atomic E-state index is 0.487. The van der Waals surface area contributed by atoms with Gasteiger partial charge in [-0.2, -0.15) is 0 Å². The molecule has 1 radical (unpaired) electrons. The second-order valence-corrected chi connectivity index (χ2v) is 3.78. The average molecular weight is 218 g/mol. The van der Waals surface area contributed by atoms with Crippen molar-refractivity contribution in [1.29, 1.82) is 0 Å². The second kappa shape index (κ2) is 3.89. The number of hydrogen-bond donors (Lipinski definition) is 0. The predicted octanol–water partition coefficient (Wildman–Crippen LogP) is 3.13. The molecule has 0 N–H and O–H groups in total. The summed E-state index contributed by atoms with van der Waals surface area (Å²) < 4.78 is 12.5. The van der Waals surface area contributed by atoms with E-state index in [9.17, 15) is 4.32 Å². The SMILES string of the molecule is Cc1c(Cl)c(C)c([B]F)c(C)c1Cl. The summed E-state index contributed by atoms with van der Waals surface area (Å²) in [5, 5.41) is 1.08. The summed E-state index contributed by atoms with van der Waals surface area (Å²) in [6.45, 7) is 5.39. The third kappa shape index (κ3) is 1.70. The van der Waals surface area contributed by atoms with Gasteiger partial charge in [-0.15, -0.1) is 0 Å². The monoisotopic (exact) mass is 217 g/mol. The molecule has 0 aromatic heterocycles. The van der Waals surface area contributed by atoms with Crippen LogP contribution in [-0.4, -0.2) is 7.56 Å². The van der Waals surface area contributed by atoms with Crippen molar-refractivity contribution in [2.75, 3.05) is 0 Å². The van der Waals surface area contributed by atoms with Gasteiger partial charge >= 0.3 is 7.56 Å². The Morgan fingerprint density at radius 2 is 1.31 bits per heavy atom. The zero-order chi connectivity index (χ0) is 10.2. The molecule has 0 saturated carbocycles. The van der Waals surface area contributed by atoms with Crippen LogP contribution in [0.15, 0.2) is 0 Å². The largest absolute Gasteiger partial charge is 0.392 e. The molecule has 0 spiro atoms. The van der Waals surface area contributed by atoms with Crippen molar-refractivity contribution in [3.8, 4) is 0 Å². The van der Waals surface area contributed by atoms with Gasteiger partial charge in [-0.1, -0.05) is 23.2 Å². The third-order valence-corrected chi connectivity index (χ3v) is 3.37. The lowest BCUT2D eigenvalue weighted by Gasteiger charge is -2.13. The van der Waals surface area contributed by atoms with Crippen LogP contribution in [0.5, 0.6) is 0 Å². The summed E-state index contributed by atoms with van der Waals surface area (Å²) in [4.78, 5) is 0. The molecule has 0 amide bonds. The fourth-order valence-corrected chi connectivity index (χ4v) is 1.78. The summed E-state index contributed by atoms with van der Waals surface area (Å²) in [7, 11) is 0.544. The van der Waals surface area contributed by atoms with E-state index in [1.165, 1.54) is 0 Å². The maximum atomic E-state index is 12.5. The van der Waals surface area contributed by atoms with E-state index in [-0.39, 0.29) is 0 Å². The molecule has 0 fully saturated rings. The Balaban J connectivity index is 3.56. The van der Waals surface area contributed by atoms with E-state index < -0.39 is 0 Å². The molecule has 0 aliphatic carbocycles. The predicted molar refractivity (Wildman–Crippen MR) is 57.2 cm³/mol. The molecule has 0 atom stereocenters. The summed E-state index contributed by atoms with van der Waals surface area (Å²) >= 11 is 11.9. The van der Waals surface area contributed by atoms with E-state index >= 15 is 0 Å². The van der Waals surface area contributed by atoms with Crippen LogP contribution in [0.2, 0.25) is 10.0 Å². The van der Waals surface area contributed by atoms with Crippen LogP contribution in [0.4, 0.5) is 4.32 Å².